The van der Waals surface area contributed by atoms with Crippen molar-refractivity contribution in [3.05, 3.63) is 29.1 Å². The highest BCUT2D eigenvalue weighted by atomic mass is 79.9. The summed E-state index contributed by atoms with van der Waals surface area (Å²) in [5.74, 6) is 0. The van der Waals surface area contributed by atoms with E-state index in [9.17, 15) is 0 Å². The second-order valence-corrected chi connectivity index (χ2v) is 4.10. The highest BCUT2D eigenvalue weighted by Gasteiger charge is 2.05. The molecule has 0 spiro atoms. The van der Waals surface area contributed by atoms with Gasteiger partial charge < -0.3 is 11.1 Å². The van der Waals surface area contributed by atoms with E-state index in [1.807, 2.05) is 12.1 Å². The lowest BCUT2D eigenvalue weighted by Gasteiger charge is -2.08. The van der Waals surface area contributed by atoms with Crippen molar-refractivity contribution in [3.63, 3.8) is 0 Å². The zero-order valence-corrected chi connectivity index (χ0v) is 9.97. The smallest absolute Gasteiger partial charge is 0.168 e. The minimum absolute atomic E-state index is 0.229. The molecular formula is C9H7BrN4S. The van der Waals surface area contributed by atoms with Crippen LogP contribution in [-0.2, 0) is 0 Å². The third-order valence-corrected chi connectivity index (χ3v) is 2.84. The number of rotatable bonds is 1. The third kappa shape index (κ3) is 2.05. The van der Waals surface area contributed by atoms with Crippen molar-refractivity contribution >= 4 is 49.9 Å². The molecule has 0 atom stereocenters. The number of nitrogens with one attached hydrogen (secondary N) is 1. The number of benzene rings is 1. The molecule has 3 N–H and O–H groups in total. The topological polar surface area (TPSA) is 63.8 Å². The van der Waals surface area contributed by atoms with Crippen molar-refractivity contribution < 1.29 is 0 Å². The molecule has 1 aromatic carbocycles. The van der Waals surface area contributed by atoms with Gasteiger partial charge in [0.05, 0.1) is 15.7 Å². The largest absolute Gasteiger partial charge is 0.376 e. The summed E-state index contributed by atoms with van der Waals surface area (Å²) in [7, 11) is 0. The standard InChI is InChI=1S/C9H7BrN4S/c10-8-5-3-12-4-13-6(5)1-2-7(8)14-9(11)15/h1-4H,(H3,11,14,15). The Morgan fingerprint density at radius 1 is 1.47 bits per heavy atom. The summed E-state index contributed by atoms with van der Waals surface area (Å²) in [6.45, 7) is 0. The number of hydrogen-bond acceptors (Lipinski definition) is 3. The van der Waals surface area contributed by atoms with Crippen molar-refractivity contribution in [1.82, 2.24) is 9.97 Å². The van der Waals surface area contributed by atoms with Gasteiger partial charge in [0, 0.05) is 11.6 Å². The molecule has 76 valence electrons. The van der Waals surface area contributed by atoms with Crippen LogP contribution < -0.4 is 11.1 Å². The summed E-state index contributed by atoms with van der Waals surface area (Å²) in [4.78, 5) is 8.09. The van der Waals surface area contributed by atoms with Crippen LogP contribution in [-0.4, -0.2) is 15.1 Å². The van der Waals surface area contributed by atoms with E-state index in [2.05, 4.69) is 31.2 Å². The summed E-state index contributed by atoms with van der Waals surface area (Å²) in [6.07, 6.45) is 3.24. The number of anilines is 1. The van der Waals surface area contributed by atoms with Gasteiger partial charge in [-0.15, -0.1) is 0 Å². The molecule has 0 aliphatic carbocycles. The highest BCUT2D eigenvalue weighted by Crippen LogP contribution is 2.29. The van der Waals surface area contributed by atoms with Gasteiger partial charge in [-0.25, -0.2) is 9.97 Å². The Labute approximate surface area is 100 Å². The van der Waals surface area contributed by atoms with Crippen molar-refractivity contribution in [2.45, 2.75) is 0 Å². The van der Waals surface area contributed by atoms with E-state index in [-0.39, 0.29) is 5.11 Å². The predicted molar refractivity (Wildman–Crippen MR) is 67.6 cm³/mol. The van der Waals surface area contributed by atoms with Crippen LogP contribution in [0.5, 0.6) is 0 Å². The average molecular weight is 283 g/mol. The van der Waals surface area contributed by atoms with Gasteiger partial charge in [0.25, 0.3) is 0 Å². The molecular weight excluding hydrogens is 276 g/mol. The molecule has 0 amide bonds. The van der Waals surface area contributed by atoms with Gasteiger partial charge in [-0.05, 0) is 40.3 Å². The lowest BCUT2D eigenvalue weighted by Crippen LogP contribution is -2.19. The van der Waals surface area contributed by atoms with Gasteiger partial charge in [-0.1, -0.05) is 0 Å². The quantitative estimate of drug-likeness (QED) is 0.784. The minimum atomic E-state index is 0.229. The van der Waals surface area contributed by atoms with Crippen molar-refractivity contribution in [2.75, 3.05) is 5.32 Å². The Morgan fingerprint density at radius 3 is 3.00 bits per heavy atom. The van der Waals surface area contributed by atoms with Crippen LogP contribution in [0, 0.1) is 0 Å². The Hall–Kier alpha value is -1.27. The molecule has 2 aromatic rings. The number of hydrogen-bond donors (Lipinski definition) is 2. The van der Waals surface area contributed by atoms with Crippen molar-refractivity contribution in [2.24, 2.45) is 5.73 Å². The molecule has 0 aliphatic rings. The molecule has 15 heavy (non-hydrogen) atoms. The van der Waals surface area contributed by atoms with Crippen LogP contribution in [0.15, 0.2) is 29.1 Å². The fraction of sp³-hybridized carbons (Fsp3) is 0. The number of aromatic nitrogens is 2. The molecule has 0 saturated heterocycles. The summed E-state index contributed by atoms with van der Waals surface area (Å²) >= 11 is 8.23. The number of nitrogens with two attached hydrogens (primary N) is 1. The molecule has 1 aromatic heterocycles. The van der Waals surface area contributed by atoms with Gasteiger partial charge in [0.15, 0.2) is 5.11 Å². The average Bonchev–Trinajstić information content (AvgIpc) is 2.22. The zero-order chi connectivity index (χ0) is 10.8. The molecule has 0 unspecified atom stereocenters. The van der Waals surface area contributed by atoms with E-state index in [0.717, 1.165) is 21.1 Å². The van der Waals surface area contributed by atoms with E-state index in [1.54, 1.807) is 6.20 Å². The van der Waals surface area contributed by atoms with E-state index in [0.29, 0.717) is 0 Å². The number of nitrogens with zero attached hydrogens (tertiary/aromatic N) is 2. The van der Waals surface area contributed by atoms with E-state index in [1.165, 1.54) is 6.33 Å². The lowest BCUT2D eigenvalue weighted by atomic mass is 10.2. The molecule has 2 rings (SSSR count). The summed E-state index contributed by atoms with van der Waals surface area (Å²) < 4.78 is 0.855. The monoisotopic (exact) mass is 282 g/mol. The molecule has 6 heteroatoms. The predicted octanol–water partition coefficient (Wildman–Crippen LogP) is 2.05. The van der Waals surface area contributed by atoms with Gasteiger partial charge in [-0.2, -0.15) is 0 Å². The van der Waals surface area contributed by atoms with Crippen LogP contribution in [0.2, 0.25) is 0 Å². The van der Waals surface area contributed by atoms with Crippen LogP contribution in [0.3, 0.4) is 0 Å². The maximum absolute atomic E-state index is 5.41. The minimum Gasteiger partial charge on any atom is -0.376 e. The maximum atomic E-state index is 5.41. The lowest BCUT2D eigenvalue weighted by molar-refractivity contribution is 1.22. The number of fused-ring (bicyclic) bond motifs is 1. The van der Waals surface area contributed by atoms with E-state index >= 15 is 0 Å². The fourth-order valence-electron chi connectivity index (χ4n) is 1.25. The molecule has 0 aliphatic heterocycles. The van der Waals surface area contributed by atoms with Gasteiger partial charge >= 0.3 is 0 Å². The number of halogens is 1. The first-order valence-corrected chi connectivity index (χ1v) is 5.33. The molecule has 0 radical (unpaired) electrons. The van der Waals surface area contributed by atoms with Crippen molar-refractivity contribution in [3.8, 4) is 0 Å². The zero-order valence-electron chi connectivity index (χ0n) is 7.57. The first kappa shape index (κ1) is 10.3. The Morgan fingerprint density at radius 2 is 2.27 bits per heavy atom. The second kappa shape index (κ2) is 4.08. The molecule has 0 saturated carbocycles. The first-order chi connectivity index (χ1) is 7.18. The second-order valence-electron chi connectivity index (χ2n) is 2.87. The summed E-state index contributed by atoms with van der Waals surface area (Å²) in [5.41, 5.74) is 7.08. The van der Waals surface area contributed by atoms with E-state index < -0.39 is 0 Å². The summed E-state index contributed by atoms with van der Waals surface area (Å²) in [5, 5.41) is 4.02. The SMILES string of the molecule is NC(=S)Nc1ccc2ncncc2c1Br. The Kier molecular flexibility index (Phi) is 2.79. The highest BCUT2D eigenvalue weighted by molar-refractivity contribution is 9.10. The molecule has 0 fully saturated rings. The Bertz CT molecular complexity index is 529. The normalized spacial score (nSPS) is 10.2. The van der Waals surface area contributed by atoms with Crippen molar-refractivity contribution in [1.29, 1.82) is 0 Å². The number of thiocarbonyl (C=S) groups is 1. The van der Waals surface area contributed by atoms with Gasteiger partial charge in [0.1, 0.15) is 6.33 Å². The summed E-state index contributed by atoms with van der Waals surface area (Å²) in [6, 6.07) is 3.74. The van der Waals surface area contributed by atoms with E-state index in [4.69, 9.17) is 18.0 Å². The van der Waals surface area contributed by atoms with Gasteiger partial charge in [0.2, 0.25) is 0 Å². The van der Waals surface area contributed by atoms with Crippen LogP contribution >= 0.6 is 28.1 Å². The molecule has 1 heterocycles. The third-order valence-electron chi connectivity index (χ3n) is 1.88. The van der Waals surface area contributed by atoms with Gasteiger partial charge in [-0.3, -0.25) is 0 Å². The maximum Gasteiger partial charge on any atom is 0.168 e. The molecule has 4 nitrogen and oxygen atoms in total. The Balaban J connectivity index is 2.59. The molecule has 0 bridgehead atoms. The fourth-order valence-corrected chi connectivity index (χ4v) is 1.90. The first-order valence-electron chi connectivity index (χ1n) is 4.13. The van der Waals surface area contributed by atoms with Crippen LogP contribution in [0.1, 0.15) is 0 Å². The van der Waals surface area contributed by atoms with Crippen LogP contribution in [0.4, 0.5) is 5.69 Å². The van der Waals surface area contributed by atoms with Crippen LogP contribution in [0.25, 0.3) is 10.9 Å².